The number of rotatable bonds is 6. The summed E-state index contributed by atoms with van der Waals surface area (Å²) in [6.45, 7) is 0.534. The maximum absolute atomic E-state index is 6.51. The molecule has 0 fully saturated rings. The molecule has 6 rings (SSSR count). The van der Waals surface area contributed by atoms with Crippen molar-refractivity contribution in [2.45, 2.75) is 25.3 Å². The normalized spacial score (nSPS) is 18.1. The first kappa shape index (κ1) is 22.7. The zero-order valence-corrected chi connectivity index (χ0v) is 21.4. The Morgan fingerprint density at radius 3 is 2.42 bits per heavy atom. The zero-order valence-electron chi connectivity index (χ0n) is 19.8. The second kappa shape index (κ2) is 9.70. The number of halogens is 1. The summed E-state index contributed by atoms with van der Waals surface area (Å²) < 4.78 is 18.9. The Hall–Kier alpha value is -3.77. The third kappa shape index (κ3) is 4.44. The molecule has 0 spiro atoms. The highest BCUT2D eigenvalue weighted by atomic mass is 79.9. The van der Waals surface area contributed by atoms with Crippen LogP contribution in [0.15, 0.2) is 107 Å². The van der Waals surface area contributed by atoms with Crippen LogP contribution in [0, 0.1) is 0 Å². The summed E-state index contributed by atoms with van der Waals surface area (Å²) in [5.74, 6) is 2.54. The lowest BCUT2D eigenvalue weighted by atomic mass is 9.96. The van der Waals surface area contributed by atoms with Gasteiger partial charge in [0.05, 0.1) is 18.9 Å². The highest BCUT2D eigenvalue weighted by Crippen LogP contribution is 2.48. The molecule has 2 heterocycles. The van der Waals surface area contributed by atoms with Crippen molar-refractivity contribution < 1.29 is 14.2 Å². The molecule has 180 valence electrons. The molecule has 2 atom stereocenters. The molecular weight excluding hydrogens is 516 g/mol. The van der Waals surface area contributed by atoms with Gasteiger partial charge in [0.1, 0.15) is 23.9 Å². The van der Waals surface area contributed by atoms with Gasteiger partial charge in [-0.1, -0.05) is 46.3 Å². The monoisotopic (exact) mass is 540 g/mol. The molecule has 0 bridgehead atoms. The summed E-state index contributed by atoms with van der Waals surface area (Å²) in [5, 5.41) is 7.15. The van der Waals surface area contributed by atoms with Crippen LogP contribution in [0.25, 0.3) is 0 Å². The van der Waals surface area contributed by atoms with Crippen LogP contribution in [-0.2, 0) is 6.61 Å². The van der Waals surface area contributed by atoms with E-state index in [0.717, 1.165) is 56.1 Å². The minimum Gasteiger partial charge on any atom is -0.497 e. The van der Waals surface area contributed by atoms with E-state index in [1.807, 2.05) is 54.6 Å². The van der Waals surface area contributed by atoms with Gasteiger partial charge >= 0.3 is 0 Å². The highest BCUT2D eigenvalue weighted by Gasteiger charge is 2.41. The third-order valence-corrected chi connectivity index (χ3v) is 7.08. The summed E-state index contributed by atoms with van der Waals surface area (Å²) in [7, 11) is 1.68. The minimum absolute atomic E-state index is 0.0855. The molecule has 0 N–H and O–H groups in total. The maximum Gasteiger partial charge on any atom is 0.213 e. The lowest BCUT2D eigenvalue weighted by molar-refractivity contribution is -0.0191. The maximum atomic E-state index is 6.51. The molecule has 0 saturated carbocycles. The standard InChI is InChI=1S/C30H25BrN2O3/c1-34-24-12-7-21(8-13-24)27-18-28-26-17-23(31)11-16-29(26)36-30(33(28)32-27)22-9-14-25(15-10-22)35-19-20-5-3-2-4-6-20/h2-17,28,30H,18-19H2,1H3/t28-,30+/m0/s1. The second-order valence-electron chi connectivity index (χ2n) is 8.87. The third-order valence-electron chi connectivity index (χ3n) is 6.59. The fraction of sp³-hybridized carbons (Fsp3) is 0.167. The fourth-order valence-corrected chi connectivity index (χ4v) is 5.08. The quantitative estimate of drug-likeness (QED) is 0.257. The Labute approximate surface area is 219 Å². The Balaban J connectivity index is 1.29. The number of ether oxygens (including phenoxy) is 3. The van der Waals surface area contributed by atoms with Crippen molar-refractivity contribution >= 4 is 21.6 Å². The van der Waals surface area contributed by atoms with Crippen molar-refractivity contribution in [3.05, 3.63) is 124 Å². The van der Waals surface area contributed by atoms with Crippen LogP contribution in [0.5, 0.6) is 17.2 Å². The summed E-state index contributed by atoms with van der Waals surface area (Å²) in [6.07, 6.45) is 0.469. The van der Waals surface area contributed by atoms with Gasteiger partial charge in [-0.25, -0.2) is 5.01 Å². The summed E-state index contributed by atoms with van der Waals surface area (Å²) in [6, 6.07) is 32.6. The predicted octanol–water partition coefficient (Wildman–Crippen LogP) is 7.28. The van der Waals surface area contributed by atoms with Crippen LogP contribution in [0.1, 0.15) is 40.9 Å². The highest BCUT2D eigenvalue weighted by molar-refractivity contribution is 9.10. The van der Waals surface area contributed by atoms with E-state index >= 15 is 0 Å². The van der Waals surface area contributed by atoms with Crippen molar-refractivity contribution in [3.8, 4) is 17.2 Å². The molecule has 0 saturated heterocycles. The number of nitrogens with zero attached hydrogens (tertiary/aromatic N) is 2. The van der Waals surface area contributed by atoms with Crippen molar-refractivity contribution in [2.24, 2.45) is 5.10 Å². The Bertz CT molecular complexity index is 1390. The smallest absolute Gasteiger partial charge is 0.213 e. The average molecular weight is 541 g/mol. The number of fused-ring (bicyclic) bond motifs is 3. The molecule has 6 heteroatoms. The SMILES string of the molecule is COc1ccc(C2=NN3[C@@H](c4ccc(OCc5ccccc5)cc4)Oc4ccc(Br)cc4[C@@H]3C2)cc1. The van der Waals surface area contributed by atoms with Gasteiger partial charge < -0.3 is 14.2 Å². The van der Waals surface area contributed by atoms with Crippen LogP contribution >= 0.6 is 15.9 Å². The molecule has 0 aromatic heterocycles. The number of hydrogen-bond acceptors (Lipinski definition) is 5. The van der Waals surface area contributed by atoms with Gasteiger partial charge in [-0.05, 0) is 77.9 Å². The van der Waals surface area contributed by atoms with Crippen LogP contribution in [0.2, 0.25) is 0 Å². The number of hydrazone groups is 1. The first-order chi connectivity index (χ1) is 17.7. The van der Waals surface area contributed by atoms with Crippen molar-refractivity contribution in [2.75, 3.05) is 7.11 Å². The van der Waals surface area contributed by atoms with Gasteiger partial charge in [-0.3, -0.25) is 0 Å². The van der Waals surface area contributed by atoms with Crippen LogP contribution < -0.4 is 14.2 Å². The molecule has 4 aromatic carbocycles. The van der Waals surface area contributed by atoms with E-state index in [1.54, 1.807) is 7.11 Å². The number of hydrogen-bond donors (Lipinski definition) is 0. The molecule has 36 heavy (non-hydrogen) atoms. The van der Waals surface area contributed by atoms with Crippen molar-refractivity contribution in [1.29, 1.82) is 0 Å². The molecule has 2 aliphatic heterocycles. The lowest BCUT2D eigenvalue weighted by Crippen LogP contribution is -2.33. The first-order valence-corrected chi connectivity index (χ1v) is 12.7. The molecular formula is C30H25BrN2O3. The van der Waals surface area contributed by atoms with Gasteiger partial charge in [-0.2, -0.15) is 5.10 Å². The first-order valence-electron chi connectivity index (χ1n) is 11.9. The molecule has 4 aromatic rings. The van der Waals surface area contributed by atoms with Crippen LogP contribution in [0.3, 0.4) is 0 Å². The van der Waals surface area contributed by atoms with E-state index in [9.17, 15) is 0 Å². The minimum atomic E-state index is -0.331. The van der Waals surface area contributed by atoms with E-state index in [1.165, 1.54) is 0 Å². The molecule has 0 amide bonds. The molecule has 0 radical (unpaired) electrons. The summed E-state index contributed by atoms with van der Waals surface area (Å²) in [4.78, 5) is 0. The predicted molar refractivity (Wildman–Crippen MR) is 143 cm³/mol. The molecule has 0 unspecified atom stereocenters. The zero-order chi connectivity index (χ0) is 24.5. The molecule has 5 nitrogen and oxygen atoms in total. The Kier molecular flexibility index (Phi) is 6.11. The summed E-state index contributed by atoms with van der Waals surface area (Å²) in [5.41, 5.74) is 5.42. The fourth-order valence-electron chi connectivity index (χ4n) is 4.71. The van der Waals surface area contributed by atoms with Crippen LogP contribution in [-0.4, -0.2) is 17.8 Å². The second-order valence-corrected chi connectivity index (χ2v) is 9.79. The summed E-state index contributed by atoms with van der Waals surface area (Å²) >= 11 is 3.62. The van der Waals surface area contributed by atoms with Crippen molar-refractivity contribution in [1.82, 2.24) is 5.01 Å². The van der Waals surface area contributed by atoms with Gasteiger partial charge in [0.25, 0.3) is 0 Å². The Morgan fingerprint density at radius 2 is 1.67 bits per heavy atom. The number of methoxy groups -OCH3 is 1. The topological polar surface area (TPSA) is 43.3 Å². The average Bonchev–Trinajstić information content (AvgIpc) is 3.38. The Morgan fingerprint density at radius 1 is 0.917 bits per heavy atom. The van der Waals surface area contributed by atoms with E-state index in [-0.39, 0.29) is 12.3 Å². The van der Waals surface area contributed by atoms with Gasteiger partial charge in [-0.15, -0.1) is 0 Å². The lowest BCUT2D eigenvalue weighted by Gasteiger charge is -2.38. The van der Waals surface area contributed by atoms with E-state index < -0.39 is 0 Å². The largest absolute Gasteiger partial charge is 0.497 e. The van der Waals surface area contributed by atoms with Gasteiger partial charge in [0, 0.05) is 22.0 Å². The van der Waals surface area contributed by atoms with Gasteiger partial charge in [0.2, 0.25) is 6.23 Å². The van der Waals surface area contributed by atoms with Crippen LogP contribution in [0.4, 0.5) is 0 Å². The molecule has 0 aliphatic carbocycles. The van der Waals surface area contributed by atoms with Gasteiger partial charge in [0.15, 0.2) is 0 Å². The van der Waals surface area contributed by atoms with E-state index in [2.05, 4.69) is 63.4 Å². The number of benzene rings is 4. The van der Waals surface area contributed by atoms with E-state index in [0.29, 0.717) is 6.61 Å². The molecule has 2 aliphatic rings. The van der Waals surface area contributed by atoms with E-state index in [4.69, 9.17) is 19.3 Å². The van der Waals surface area contributed by atoms with Crippen molar-refractivity contribution in [3.63, 3.8) is 0 Å².